The third-order valence-corrected chi connectivity index (χ3v) is 3.43. The van der Waals surface area contributed by atoms with Crippen LogP contribution in [-0.2, 0) is 0 Å². The van der Waals surface area contributed by atoms with Crippen LogP contribution in [0.1, 0.15) is 25.6 Å². The Hall–Kier alpha value is -2.30. The lowest BCUT2D eigenvalue weighted by Gasteiger charge is -2.19. The summed E-state index contributed by atoms with van der Waals surface area (Å²) in [6.07, 6.45) is 2.32. The number of hydrogen-bond donors (Lipinski definition) is 1. The minimum atomic E-state index is 0.748. The Morgan fingerprint density at radius 3 is 2.73 bits per heavy atom. The van der Waals surface area contributed by atoms with Gasteiger partial charge < -0.3 is 15.0 Å². The minimum Gasteiger partial charge on any atom is -0.495 e. The average molecular weight is 300 g/mol. The smallest absolute Gasteiger partial charge is 0.142 e. The molecular weight excluding hydrogens is 276 g/mol. The van der Waals surface area contributed by atoms with Crippen molar-refractivity contribution >= 4 is 17.3 Å². The third-order valence-electron chi connectivity index (χ3n) is 3.43. The summed E-state index contributed by atoms with van der Waals surface area (Å²) >= 11 is 0. The SMILES string of the molecule is CCCCN(C)c1cc(Nc2ccccc2OC)nc(C)n1. The molecule has 0 radical (unpaired) electrons. The number of para-hydroxylation sites is 2. The maximum absolute atomic E-state index is 5.36. The largest absolute Gasteiger partial charge is 0.495 e. The highest BCUT2D eigenvalue weighted by Gasteiger charge is 2.08. The van der Waals surface area contributed by atoms with Crippen LogP contribution in [0.3, 0.4) is 0 Å². The van der Waals surface area contributed by atoms with Crippen LogP contribution in [0.15, 0.2) is 30.3 Å². The van der Waals surface area contributed by atoms with Crippen molar-refractivity contribution in [3.8, 4) is 5.75 Å². The molecule has 5 nitrogen and oxygen atoms in total. The molecule has 0 unspecified atom stereocenters. The lowest BCUT2D eigenvalue weighted by molar-refractivity contribution is 0.417. The normalized spacial score (nSPS) is 10.4. The summed E-state index contributed by atoms with van der Waals surface area (Å²) in [5.41, 5.74) is 0.894. The maximum atomic E-state index is 5.36. The van der Waals surface area contributed by atoms with Gasteiger partial charge in [-0.15, -0.1) is 0 Å². The molecule has 22 heavy (non-hydrogen) atoms. The summed E-state index contributed by atoms with van der Waals surface area (Å²) in [5.74, 6) is 3.24. The van der Waals surface area contributed by atoms with Crippen molar-refractivity contribution in [2.75, 3.05) is 30.9 Å². The third kappa shape index (κ3) is 4.10. The Morgan fingerprint density at radius 1 is 1.23 bits per heavy atom. The van der Waals surface area contributed by atoms with Gasteiger partial charge in [-0.1, -0.05) is 25.5 Å². The number of nitrogens with zero attached hydrogens (tertiary/aromatic N) is 3. The van der Waals surface area contributed by atoms with Crippen LogP contribution in [0.5, 0.6) is 5.75 Å². The molecule has 118 valence electrons. The lowest BCUT2D eigenvalue weighted by atomic mass is 10.3. The maximum Gasteiger partial charge on any atom is 0.142 e. The van der Waals surface area contributed by atoms with E-state index in [0.29, 0.717) is 0 Å². The molecule has 2 rings (SSSR count). The van der Waals surface area contributed by atoms with Crippen LogP contribution in [0.2, 0.25) is 0 Å². The molecule has 0 atom stereocenters. The molecule has 0 amide bonds. The lowest BCUT2D eigenvalue weighted by Crippen LogP contribution is -2.20. The Morgan fingerprint density at radius 2 is 2.00 bits per heavy atom. The quantitative estimate of drug-likeness (QED) is 0.843. The van der Waals surface area contributed by atoms with E-state index in [1.165, 1.54) is 6.42 Å². The molecule has 0 aliphatic rings. The molecule has 2 aromatic rings. The van der Waals surface area contributed by atoms with Crippen LogP contribution >= 0.6 is 0 Å². The highest BCUT2D eigenvalue weighted by molar-refractivity contribution is 5.65. The molecule has 0 bridgehead atoms. The molecule has 0 aliphatic heterocycles. The molecule has 1 aromatic carbocycles. The van der Waals surface area contributed by atoms with Crippen LogP contribution in [0.4, 0.5) is 17.3 Å². The van der Waals surface area contributed by atoms with Crippen molar-refractivity contribution in [1.29, 1.82) is 0 Å². The van der Waals surface area contributed by atoms with Gasteiger partial charge in [-0.2, -0.15) is 0 Å². The number of benzene rings is 1. The summed E-state index contributed by atoms with van der Waals surface area (Å²) in [5, 5.41) is 3.31. The number of methoxy groups -OCH3 is 1. The standard InChI is InChI=1S/C17H24N4O/c1-5-6-11-21(3)17-12-16(18-13(2)19-17)20-14-9-7-8-10-15(14)22-4/h7-10,12H,5-6,11H2,1-4H3,(H,18,19,20). The Bertz CT molecular complexity index is 615. The highest BCUT2D eigenvalue weighted by Crippen LogP contribution is 2.27. The number of rotatable bonds is 7. The first-order chi connectivity index (χ1) is 10.6. The number of aromatic nitrogens is 2. The van der Waals surface area contributed by atoms with Crippen LogP contribution in [0, 0.1) is 6.92 Å². The monoisotopic (exact) mass is 300 g/mol. The van der Waals surface area contributed by atoms with E-state index in [1.807, 2.05) is 37.3 Å². The number of ether oxygens (including phenoxy) is 1. The Kier molecular flexibility index (Phi) is 5.58. The summed E-state index contributed by atoms with van der Waals surface area (Å²) in [7, 11) is 3.72. The fraction of sp³-hybridized carbons (Fsp3) is 0.412. The van der Waals surface area contributed by atoms with E-state index >= 15 is 0 Å². The van der Waals surface area contributed by atoms with Gasteiger partial charge >= 0.3 is 0 Å². The van der Waals surface area contributed by atoms with Gasteiger partial charge in [-0.3, -0.25) is 0 Å². The van der Waals surface area contributed by atoms with E-state index in [9.17, 15) is 0 Å². The van der Waals surface area contributed by atoms with Gasteiger partial charge in [0.2, 0.25) is 0 Å². The van der Waals surface area contributed by atoms with E-state index in [2.05, 4.69) is 34.2 Å². The van der Waals surface area contributed by atoms with Crippen molar-refractivity contribution in [2.45, 2.75) is 26.7 Å². The van der Waals surface area contributed by atoms with Crippen molar-refractivity contribution in [3.63, 3.8) is 0 Å². The van der Waals surface area contributed by atoms with Crippen LogP contribution in [0.25, 0.3) is 0 Å². The number of anilines is 3. The summed E-state index contributed by atoms with van der Waals surface area (Å²) in [6.45, 7) is 5.08. The number of nitrogens with one attached hydrogen (secondary N) is 1. The van der Waals surface area contributed by atoms with E-state index < -0.39 is 0 Å². The molecule has 0 saturated heterocycles. The molecule has 1 N–H and O–H groups in total. The van der Waals surface area contributed by atoms with Crippen LogP contribution < -0.4 is 15.0 Å². The van der Waals surface area contributed by atoms with E-state index in [0.717, 1.165) is 41.9 Å². The first kappa shape index (κ1) is 16.1. The van der Waals surface area contributed by atoms with Crippen molar-refractivity contribution in [3.05, 3.63) is 36.2 Å². The molecule has 0 saturated carbocycles. The summed E-state index contributed by atoms with van der Waals surface area (Å²) < 4.78 is 5.36. The fourth-order valence-electron chi connectivity index (χ4n) is 2.21. The first-order valence-electron chi connectivity index (χ1n) is 7.61. The second-order valence-corrected chi connectivity index (χ2v) is 5.26. The predicted molar refractivity (Wildman–Crippen MR) is 91.2 cm³/mol. The zero-order valence-electron chi connectivity index (χ0n) is 13.8. The van der Waals surface area contributed by atoms with Gasteiger partial charge in [0.1, 0.15) is 23.2 Å². The van der Waals surface area contributed by atoms with Crippen LogP contribution in [-0.4, -0.2) is 30.7 Å². The molecule has 5 heteroatoms. The van der Waals surface area contributed by atoms with Crippen molar-refractivity contribution in [1.82, 2.24) is 9.97 Å². The molecule has 0 aliphatic carbocycles. The van der Waals surface area contributed by atoms with Gasteiger partial charge in [0.05, 0.1) is 12.8 Å². The average Bonchev–Trinajstić information content (AvgIpc) is 2.52. The highest BCUT2D eigenvalue weighted by atomic mass is 16.5. The van der Waals surface area contributed by atoms with E-state index in [1.54, 1.807) is 7.11 Å². The molecular formula is C17H24N4O. The molecule has 0 fully saturated rings. The van der Waals surface area contributed by atoms with E-state index in [-0.39, 0.29) is 0 Å². The van der Waals surface area contributed by atoms with Gasteiger partial charge in [-0.05, 0) is 25.5 Å². The van der Waals surface area contributed by atoms with Gasteiger partial charge in [0.25, 0.3) is 0 Å². The van der Waals surface area contributed by atoms with E-state index in [4.69, 9.17) is 4.74 Å². The summed E-state index contributed by atoms with van der Waals surface area (Å²) in [4.78, 5) is 11.1. The van der Waals surface area contributed by atoms with Crippen molar-refractivity contribution < 1.29 is 4.74 Å². The summed E-state index contributed by atoms with van der Waals surface area (Å²) in [6, 6.07) is 9.77. The van der Waals surface area contributed by atoms with Gasteiger partial charge in [0.15, 0.2) is 0 Å². The molecule has 0 spiro atoms. The second kappa shape index (κ2) is 7.64. The molecule has 1 aromatic heterocycles. The van der Waals surface area contributed by atoms with Gasteiger partial charge in [-0.25, -0.2) is 9.97 Å². The minimum absolute atomic E-state index is 0.748. The number of aryl methyl sites for hydroxylation is 1. The fourth-order valence-corrected chi connectivity index (χ4v) is 2.21. The number of hydrogen-bond acceptors (Lipinski definition) is 5. The van der Waals surface area contributed by atoms with Gasteiger partial charge in [0, 0.05) is 19.7 Å². The van der Waals surface area contributed by atoms with Crippen molar-refractivity contribution in [2.24, 2.45) is 0 Å². The Balaban J connectivity index is 2.22. The first-order valence-corrected chi connectivity index (χ1v) is 7.61. The topological polar surface area (TPSA) is 50.3 Å². The second-order valence-electron chi connectivity index (χ2n) is 5.26. The zero-order chi connectivity index (χ0) is 15.9. The molecule has 1 heterocycles. The Labute approximate surface area is 132 Å². The predicted octanol–water partition coefficient (Wildman–Crippen LogP) is 3.77. The number of unbranched alkanes of at least 4 members (excludes halogenated alkanes) is 1. The zero-order valence-corrected chi connectivity index (χ0v) is 13.8.